The van der Waals surface area contributed by atoms with Crippen molar-refractivity contribution in [2.24, 2.45) is 11.7 Å². The molecule has 4 rings (SSSR count). The van der Waals surface area contributed by atoms with Gasteiger partial charge in [0.05, 0.1) is 30.2 Å². The Hall–Kier alpha value is -4.41. The largest absolute Gasteiger partial charge is 0.491 e. The molecule has 11 nitrogen and oxygen atoms in total. The monoisotopic (exact) mass is 518 g/mol. The first-order chi connectivity index (χ1) is 18.2. The number of likely N-dealkylation sites (tertiary alicyclic amines) is 1. The van der Waals surface area contributed by atoms with Crippen LogP contribution < -0.4 is 21.1 Å². The fraction of sp³-hybridized carbons (Fsp3) is 0.370. The van der Waals surface area contributed by atoms with Crippen molar-refractivity contribution in [1.29, 1.82) is 0 Å². The number of para-hydroxylation sites is 1. The summed E-state index contributed by atoms with van der Waals surface area (Å²) in [6.07, 6.45) is 8.06. The molecule has 38 heavy (non-hydrogen) atoms. The topological polar surface area (TPSA) is 140 Å². The van der Waals surface area contributed by atoms with Gasteiger partial charge in [-0.1, -0.05) is 32.6 Å². The van der Waals surface area contributed by atoms with Gasteiger partial charge in [-0.3, -0.25) is 14.3 Å². The summed E-state index contributed by atoms with van der Waals surface area (Å²) in [4.78, 5) is 34.8. The number of carbonyl (C=O) groups is 2. The minimum Gasteiger partial charge on any atom is -0.491 e. The highest BCUT2D eigenvalue weighted by Gasteiger charge is 2.24. The molecule has 0 unspecified atom stereocenters. The average Bonchev–Trinajstić information content (AvgIpc) is 3.37. The van der Waals surface area contributed by atoms with Crippen LogP contribution in [-0.4, -0.2) is 56.2 Å². The van der Waals surface area contributed by atoms with Crippen LogP contribution in [0.4, 0.5) is 23.1 Å². The van der Waals surface area contributed by atoms with Gasteiger partial charge in [0, 0.05) is 25.5 Å². The summed E-state index contributed by atoms with van der Waals surface area (Å²) in [7, 11) is 0. The maximum atomic E-state index is 12.1. The number of anilines is 4. The maximum Gasteiger partial charge on any atom is 0.254 e. The van der Waals surface area contributed by atoms with E-state index in [1.807, 2.05) is 36.0 Å². The van der Waals surface area contributed by atoms with Crippen LogP contribution in [0.1, 0.15) is 48.7 Å². The smallest absolute Gasteiger partial charge is 0.254 e. The van der Waals surface area contributed by atoms with Gasteiger partial charge in [0.2, 0.25) is 11.9 Å². The molecule has 1 atom stereocenters. The highest BCUT2D eigenvalue weighted by molar-refractivity contribution is 5.98. The van der Waals surface area contributed by atoms with Gasteiger partial charge in [0.25, 0.3) is 5.91 Å². The minimum atomic E-state index is -0.652. The second-order valence-electron chi connectivity index (χ2n) is 9.72. The molecule has 3 heterocycles. The molecule has 2 aromatic heterocycles. The van der Waals surface area contributed by atoms with Crippen LogP contribution in [0.25, 0.3) is 0 Å². The lowest BCUT2D eigenvalue weighted by molar-refractivity contribution is -0.127. The fourth-order valence-corrected chi connectivity index (χ4v) is 4.25. The number of hydrogen-bond donors (Lipinski definition) is 3. The average molecular weight is 519 g/mol. The SMILES string of the molecule is C=CC(=O)N1CCC[C@@H](n2cc(Nc3ncc(C(N)=O)c(Nc4c(C)cccc4OCC(C)C)n3)cn2)C1. The van der Waals surface area contributed by atoms with Crippen LogP contribution in [0.3, 0.4) is 0 Å². The minimum absolute atomic E-state index is 0.0592. The first kappa shape index (κ1) is 26.6. The standard InChI is InChI=1S/C27H34N8O3/c1-5-23(36)34-11-7-9-20(15-34)35-14-19(12-30-35)31-27-29-13-21(25(28)37)26(33-27)32-24-18(4)8-6-10-22(24)38-16-17(2)3/h5-6,8,10,12-14,17,20H,1,7,9,11,15-16H2,2-4H3,(H2,28,37)(H2,29,31,32,33)/t20-/m1/s1. The molecule has 200 valence electrons. The molecule has 1 saturated heterocycles. The number of ether oxygens (including phenoxy) is 1. The normalized spacial score (nSPS) is 15.3. The zero-order chi connectivity index (χ0) is 27.2. The number of amides is 2. The van der Waals surface area contributed by atoms with Gasteiger partial charge >= 0.3 is 0 Å². The summed E-state index contributed by atoms with van der Waals surface area (Å²) in [6.45, 7) is 11.5. The Morgan fingerprint density at radius 2 is 2.11 bits per heavy atom. The molecule has 11 heteroatoms. The van der Waals surface area contributed by atoms with Gasteiger partial charge in [-0.15, -0.1) is 0 Å². The van der Waals surface area contributed by atoms with E-state index in [1.54, 1.807) is 11.1 Å². The summed E-state index contributed by atoms with van der Waals surface area (Å²) in [5, 5.41) is 10.9. The van der Waals surface area contributed by atoms with E-state index in [0.29, 0.717) is 42.7 Å². The van der Waals surface area contributed by atoms with Gasteiger partial charge in [-0.05, 0) is 43.4 Å². The number of hydrogen-bond acceptors (Lipinski definition) is 8. The third-order valence-electron chi connectivity index (χ3n) is 6.22. The Labute approximate surface area is 222 Å². The van der Waals surface area contributed by atoms with Gasteiger partial charge < -0.3 is 26.0 Å². The number of carbonyl (C=O) groups excluding carboxylic acids is 2. The number of nitrogens with two attached hydrogens (primary N) is 1. The third kappa shape index (κ3) is 6.28. The van der Waals surface area contributed by atoms with E-state index in [0.717, 1.165) is 18.4 Å². The van der Waals surface area contributed by atoms with Gasteiger partial charge in [-0.25, -0.2) is 4.98 Å². The number of nitrogens with zero attached hydrogens (tertiary/aromatic N) is 5. The van der Waals surface area contributed by atoms with E-state index in [1.165, 1.54) is 12.3 Å². The lowest BCUT2D eigenvalue weighted by Gasteiger charge is -2.32. The summed E-state index contributed by atoms with van der Waals surface area (Å²) < 4.78 is 7.83. The zero-order valence-corrected chi connectivity index (χ0v) is 22.0. The first-order valence-corrected chi connectivity index (χ1v) is 12.6. The van der Waals surface area contributed by atoms with E-state index in [4.69, 9.17) is 10.5 Å². The maximum absolute atomic E-state index is 12.1. The highest BCUT2D eigenvalue weighted by atomic mass is 16.5. The summed E-state index contributed by atoms with van der Waals surface area (Å²) in [5.41, 5.74) is 8.06. The van der Waals surface area contributed by atoms with Crippen molar-refractivity contribution >= 4 is 35.0 Å². The van der Waals surface area contributed by atoms with Crippen LogP contribution in [0.15, 0.2) is 49.4 Å². The second kappa shape index (κ2) is 11.8. The van der Waals surface area contributed by atoms with Crippen LogP contribution in [-0.2, 0) is 4.79 Å². The molecular formula is C27H34N8O3. The number of nitrogens with one attached hydrogen (secondary N) is 2. The quantitative estimate of drug-likeness (QED) is 0.343. The number of aryl methyl sites for hydroxylation is 1. The van der Waals surface area contributed by atoms with Crippen molar-refractivity contribution in [3.63, 3.8) is 0 Å². The van der Waals surface area contributed by atoms with Gasteiger partial charge in [-0.2, -0.15) is 10.1 Å². The van der Waals surface area contributed by atoms with Crippen LogP contribution in [0.2, 0.25) is 0 Å². The fourth-order valence-electron chi connectivity index (χ4n) is 4.25. The van der Waals surface area contributed by atoms with Gasteiger partial charge in [0.1, 0.15) is 17.1 Å². The molecule has 1 aliphatic heterocycles. The Morgan fingerprint density at radius 1 is 1.29 bits per heavy atom. The van der Waals surface area contributed by atoms with Crippen LogP contribution in [0.5, 0.6) is 5.75 Å². The molecule has 2 amide bonds. The molecule has 4 N–H and O–H groups in total. The van der Waals surface area contributed by atoms with Crippen molar-refractivity contribution in [3.8, 4) is 5.75 Å². The van der Waals surface area contributed by atoms with Crippen molar-refractivity contribution in [3.05, 3.63) is 60.6 Å². The third-order valence-corrected chi connectivity index (χ3v) is 6.22. The van der Waals surface area contributed by atoms with Crippen LogP contribution in [0, 0.1) is 12.8 Å². The number of benzene rings is 1. The van der Waals surface area contributed by atoms with Crippen molar-refractivity contribution < 1.29 is 14.3 Å². The molecule has 1 fully saturated rings. The van der Waals surface area contributed by atoms with Crippen molar-refractivity contribution in [2.45, 2.75) is 39.7 Å². The number of rotatable bonds is 10. The number of aromatic nitrogens is 4. The Kier molecular flexibility index (Phi) is 8.25. The molecule has 0 radical (unpaired) electrons. The zero-order valence-electron chi connectivity index (χ0n) is 22.0. The Morgan fingerprint density at radius 3 is 2.84 bits per heavy atom. The molecule has 0 bridgehead atoms. The van der Waals surface area contributed by atoms with Crippen molar-refractivity contribution in [1.82, 2.24) is 24.6 Å². The number of piperidine rings is 1. The lowest BCUT2D eigenvalue weighted by Crippen LogP contribution is -2.39. The molecule has 1 aromatic carbocycles. The molecule has 0 saturated carbocycles. The highest BCUT2D eigenvalue weighted by Crippen LogP contribution is 2.32. The predicted molar refractivity (Wildman–Crippen MR) is 146 cm³/mol. The lowest BCUT2D eigenvalue weighted by atomic mass is 10.1. The van der Waals surface area contributed by atoms with Gasteiger partial charge in [0.15, 0.2) is 0 Å². The van der Waals surface area contributed by atoms with E-state index >= 15 is 0 Å². The van der Waals surface area contributed by atoms with E-state index in [2.05, 4.69) is 46.1 Å². The predicted octanol–water partition coefficient (Wildman–Crippen LogP) is 3.95. The summed E-state index contributed by atoms with van der Waals surface area (Å²) >= 11 is 0. The van der Waals surface area contributed by atoms with E-state index < -0.39 is 5.91 Å². The van der Waals surface area contributed by atoms with Crippen molar-refractivity contribution in [2.75, 3.05) is 30.3 Å². The summed E-state index contributed by atoms with van der Waals surface area (Å²) in [6, 6.07) is 5.78. The Balaban J connectivity index is 1.55. The molecule has 0 aliphatic carbocycles. The summed E-state index contributed by atoms with van der Waals surface area (Å²) in [5.74, 6) is 0.800. The first-order valence-electron chi connectivity index (χ1n) is 12.6. The van der Waals surface area contributed by atoms with Crippen LogP contribution >= 0.6 is 0 Å². The molecular weight excluding hydrogens is 484 g/mol. The second-order valence-corrected chi connectivity index (χ2v) is 9.72. The molecule has 0 spiro atoms. The number of primary amides is 1. The molecule has 3 aromatic rings. The van der Waals surface area contributed by atoms with E-state index in [9.17, 15) is 9.59 Å². The Bertz CT molecular complexity index is 1320. The molecule has 1 aliphatic rings. The van der Waals surface area contributed by atoms with E-state index in [-0.39, 0.29) is 29.3 Å².